The largest absolute Gasteiger partial charge is 0.480 e. The Hall–Kier alpha value is -1.67. The third-order valence-electron chi connectivity index (χ3n) is 2.12. The Bertz CT molecular complexity index is 530. The molecule has 0 radical (unpaired) electrons. The highest BCUT2D eigenvalue weighted by Crippen LogP contribution is 2.38. The molecule has 0 saturated carbocycles. The van der Waals surface area contributed by atoms with Crippen molar-refractivity contribution in [3.8, 4) is 5.75 Å². The summed E-state index contributed by atoms with van der Waals surface area (Å²) in [6, 6.07) is 2.99. The van der Waals surface area contributed by atoms with E-state index in [1.54, 1.807) is 0 Å². The van der Waals surface area contributed by atoms with Gasteiger partial charge in [0, 0.05) is 0 Å². The number of pyridine rings is 1. The Morgan fingerprint density at radius 3 is 2.94 bits per heavy atom. The summed E-state index contributed by atoms with van der Waals surface area (Å²) >= 11 is 0. The minimum Gasteiger partial charge on any atom is -0.480 e. The molecule has 9 nitrogen and oxygen atoms in total. The molecule has 10 heteroatoms. The molecule has 0 bridgehead atoms. The van der Waals surface area contributed by atoms with Gasteiger partial charge in [0.25, 0.3) is 5.91 Å². The molecule has 18 heavy (non-hydrogen) atoms. The highest BCUT2D eigenvalue weighted by Gasteiger charge is 2.29. The fourth-order valence-electron chi connectivity index (χ4n) is 1.36. The van der Waals surface area contributed by atoms with Gasteiger partial charge in [-0.3, -0.25) is 14.2 Å². The highest BCUT2D eigenvalue weighted by atomic mass is 31.2. The van der Waals surface area contributed by atoms with Crippen LogP contribution in [0.2, 0.25) is 0 Å². The maximum Gasteiger partial charge on any atom is 0.471 e. The van der Waals surface area contributed by atoms with Crippen LogP contribution in [0.3, 0.4) is 0 Å². The molecule has 0 atom stereocenters. The smallest absolute Gasteiger partial charge is 0.471 e. The molecule has 1 aromatic heterocycles. The van der Waals surface area contributed by atoms with E-state index in [4.69, 9.17) is 20.3 Å². The van der Waals surface area contributed by atoms with Crippen LogP contribution in [0.1, 0.15) is 0 Å². The van der Waals surface area contributed by atoms with Gasteiger partial charge >= 0.3 is 7.82 Å². The molecule has 1 aliphatic heterocycles. The number of nitrogens with zero attached hydrogens (tertiary/aromatic N) is 2. The van der Waals surface area contributed by atoms with Gasteiger partial charge in [-0.05, 0) is 12.1 Å². The van der Waals surface area contributed by atoms with Gasteiger partial charge in [-0.15, -0.1) is 0 Å². The zero-order valence-corrected chi connectivity index (χ0v) is 9.91. The lowest BCUT2D eigenvalue weighted by molar-refractivity contribution is -0.122. The van der Waals surface area contributed by atoms with Gasteiger partial charge in [0.1, 0.15) is 12.5 Å². The summed E-state index contributed by atoms with van der Waals surface area (Å²) in [5.74, 6) is -0.0277. The monoisotopic (exact) mass is 275 g/mol. The zero-order valence-electron chi connectivity index (χ0n) is 9.02. The Morgan fingerprint density at radius 1 is 1.56 bits per heavy atom. The van der Waals surface area contributed by atoms with Crippen molar-refractivity contribution in [1.82, 2.24) is 4.98 Å². The Morgan fingerprint density at radius 2 is 2.28 bits per heavy atom. The van der Waals surface area contributed by atoms with Crippen molar-refractivity contribution in [2.75, 3.05) is 24.0 Å². The second-order valence-electron chi connectivity index (χ2n) is 3.42. The predicted octanol–water partition coefficient (Wildman–Crippen LogP) is -0.544. The molecule has 0 aromatic carbocycles. The fraction of sp³-hybridized carbons (Fsp3) is 0.250. The van der Waals surface area contributed by atoms with E-state index in [2.05, 4.69) is 9.51 Å². The third kappa shape index (κ3) is 2.77. The maximum absolute atomic E-state index is 11.6. The molecule has 4 N–H and O–H groups in total. The van der Waals surface area contributed by atoms with E-state index < -0.39 is 20.5 Å². The van der Waals surface area contributed by atoms with Crippen molar-refractivity contribution in [1.29, 1.82) is 0 Å². The second kappa shape index (κ2) is 4.54. The zero-order chi connectivity index (χ0) is 13.3. The van der Waals surface area contributed by atoms with Crippen LogP contribution in [-0.4, -0.2) is 34.0 Å². The highest BCUT2D eigenvalue weighted by molar-refractivity contribution is 7.46. The summed E-state index contributed by atoms with van der Waals surface area (Å²) in [5, 5.41) is 0. The number of hydrogen-bond acceptors (Lipinski definition) is 6. The quantitative estimate of drug-likeness (QED) is 0.625. The summed E-state index contributed by atoms with van der Waals surface area (Å²) in [7, 11) is -4.68. The first-order valence-electron chi connectivity index (χ1n) is 4.76. The van der Waals surface area contributed by atoms with Gasteiger partial charge in [-0.25, -0.2) is 9.55 Å². The van der Waals surface area contributed by atoms with Crippen LogP contribution >= 0.6 is 7.82 Å². The van der Waals surface area contributed by atoms with Crippen molar-refractivity contribution >= 4 is 25.4 Å². The van der Waals surface area contributed by atoms with E-state index in [1.165, 1.54) is 12.1 Å². The summed E-state index contributed by atoms with van der Waals surface area (Å²) in [6.07, 6.45) is 0. The van der Waals surface area contributed by atoms with Crippen molar-refractivity contribution < 1.29 is 28.4 Å². The van der Waals surface area contributed by atoms with Gasteiger partial charge in [0.05, 0.1) is 0 Å². The fourth-order valence-corrected chi connectivity index (χ4v) is 1.62. The number of fused-ring (bicyclic) bond motifs is 1. The molecule has 0 fully saturated rings. The van der Waals surface area contributed by atoms with Crippen LogP contribution in [0.15, 0.2) is 12.1 Å². The van der Waals surface area contributed by atoms with Gasteiger partial charge < -0.3 is 20.3 Å². The topological polar surface area (TPSA) is 135 Å². The lowest BCUT2D eigenvalue weighted by Crippen LogP contribution is -2.40. The van der Waals surface area contributed by atoms with Crippen LogP contribution in [0, 0.1) is 0 Å². The standard InChI is InChI=1S/C8H10N3O6P/c9-6-2-1-5-8(10-6)11(7(12)3-16-5)4-17-18(13,14)15/h1-2H,3-4H2,(H2,9,10)(H2,13,14,15). The Labute approximate surface area is 101 Å². The van der Waals surface area contributed by atoms with Crippen LogP contribution in [0.25, 0.3) is 0 Å². The number of phosphoric ester groups is 1. The number of aromatic nitrogens is 1. The van der Waals surface area contributed by atoms with E-state index in [1.807, 2.05) is 0 Å². The van der Waals surface area contributed by atoms with Crippen molar-refractivity contribution in [3.63, 3.8) is 0 Å². The first kappa shape index (κ1) is 12.8. The Balaban J connectivity index is 2.27. The average Bonchev–Trinajstić information content (AvgIpc) is 2.26. The van der Waals surface area contributed by atoms with Gasteiger partial charge in [0.15, 0.2) is 18.2 Å². The number of anilines is 2. The molecule has 2 rings (SSSR count). The van der Waals surface area contributed by atoms with Crippen LogP contribution in [-0.2, 0) is 13.9 Å². The number of ether oxygens (including phenoxy) is 1. The van der Waals surface area contributed by atoms with E-state index >= 15 is 0 Å². The van der Waals surface area contributed by atoms with E-state index in [9.17, 15) is 9.36 Å². The molecular formula is C8H10N3O6P. The van der Waals surface area contributed by atoms with Gasteiger partial charge in [0.2, 0.25) is 0 Å². The normalized spacial score (nSPS) is 15.2. The van der Waals surface area contributed by atoms with Gasteiger partial charge in [-0.2, -0.15) is 0 Å². The summed E-state index contributed by atoms with van der Waals surface area (Å²) < 4.78 is 20.0. The van der Waals surface area contributed by atoms with Crippen molar-refractivity contribution in [2.24, 2.45) is 0 Å². The number of rotatable bonds is 3. The number of hydrogen-bond donors (Lipinski definition) is 3. The van der Waals surface area contributed by atoms with Gasteiger partial charge in [-0.1, -0.05) is 0 Å². The Kier molecular flexibility index (Phi) is 3.22. The first-order chi connectivity index (χ1) is 8.37. The summed E-state index contributed by atoms with van der Waals surface area (Å²) in [4.78, 5) is 33.6. The molecular weight excluding hydrogens is 265 g/mol. The van der Waals surface area contributed by atoms with E-state index in [0.29, 0.717) is 0 Å². The number of nitrogen functional groups attached to an aromatic ring is 1. The molecule has 1 amide bonds. The molecule has 0 saturated heterocycles. The minimum atomic E-state index is -4.68. The molecule has 2 heterocycles. The predicted molar refractivity (Wildman–Crippen MR) is 59.6 cm³/mol. The van der Waals surface area contributed by atoms with Crippen LogP contribution in [0.5, 0.6) is 5.75 Å². The lowest BCUT2D eigenvalue weighted by atomic mass is 10.3. The number of amides is 1. The molecule has 98 valence electrons. The maximum atomic E-state index is 11.6. The minimum absolute atomic E-state index is 0.0692. The number of carbonyl (C=O) groups is 1. The van der Waals surface area contributed by atoms with Crippen molar-refractivity contribution in [2.45, 2.75) is 0 Å². The number of nitrogens with two attached hydrogens (primary N) is 1. The first-order valence-corrected chi connectivity index (χ1v) is 6.29. The average molecular weight is 275 g/mol. The SMILES string of the molecule is Nc1ccc2c(n1)N(COP(=O)(O)O)C(=O)CO2. The molecule has 1 aromatic rings. The molecule has 0 aliphatic carbocycles. The van der Waals surface area contributed by atoms with Crippen LogP contribution < -0.4 is 15.4 Å². The second-order valence-corrected chi connectivity index (χ2v) is 4.66. The molecule has 1 aliphatic rings. The number of phosphoric acid groups is 1. The summed E-state index contributed by atoms with van der Waals surface area (Å²) in [5.41, 5.74) is 5.47. The lowest BCUT2D eigenvalue weighted by Gasteiger charge is -2.27. The van der Waals surface area contributed by atoms with Crippen molar-refractivity contribution in [3.05, 3.63) is 12.1 Å². The number of carbonyl (C=O) groups excluding carboxylic acids is 1. The van der Waals surface area contributed by atoms with E-state index in [-0.39, 0.29) is 24.0 Å². The summed E-state index contributed by atoms with van der Waals surface area (Å²) in [6.45, 7) is -0.890. The van der Waals surface area contributed by atoms with E-state index in [0.717, 1.165) is 4.90 Å². The third-order valence-corrected chi connectivity index (χ3v) is 2.58. The molecule has 0 spiro atoms. The van der Waals surface area contributed by atoms with Crippen LogP contribution in [0.4, 0.5) is 11.6 Å². The molecule has 0 unspecified atom stereocenters.